The van der Waals surface area contributed by atoms with Crippen LogP contribution in [-0.4, -0.2) is 59.1 Å². The van der Waals surface area contributed by atoms with E-state index in [1.165, 1.54) is 12.1 Å². The van der Waals surface area contributed by atoms with E-state index in [1.54, 1.807) is 6.07 Å². The number of hydrogen-bond acceptors (Lipinski definition) is 7. The fourth-order valence-electron chi connectivity index (χ4n) is 3.68. The van der Waals surface area contributed by atoms with Crippen LogP contribution in [0.25, 0.3) is 0 Å². The van der Waals surface area contributed by atoms with Crippen LogP contribution in [0.5, 0.6) is 0 Å². The van der Waals surface area contributed by atoms with Crippen LogP contribution in [-0.2, 0) is 28.5 Å². The Bertz CT molecular complexity index is 971. The van der Waals surface area contributed by atoms with Crippen LogP contribution < -0.4 is 5.32 Å². The van der Waals surface area contributed by atoms with Gasteiger partial charge in [0.15, 0.2) is 11.4 Å². The van der Waals surface area contributed by atoms with Crippen molar-refractivity contribution in [2.75, 3.05) is 6.54 Å². The molecule has 10 nitrogen and oxygen atoms in total. The molecule has 1 aromatic rings. The number of carbonyl (C=O) groups excluding carboxylic acids is 3. The van der Waals surface area contributed by atoms with Crippen LogP contribution in [0, 0.1) is 5.92 Å². The van der Waals surface area contributed by atoms with Crippen molar-refractivity contribution < 1.29 is 43.5 Å². The SMILES string of the molecule is CC(C)C[C@H](CC(=O)CNC(=O)c1cc(Br)ccc1Cl)B1OC(=O)C(CC(=O)O)(CC(=O)O)O1. The largest absolute Gasteiger partial charge is 0.531 e. The predicted octanol–water partition coefficient (Wildman–Crippen LogP) is 2.96. The number of carbonyl (C=O) groups is 5. The molecule has 34 heavy (non-hydrogen) atoms. The molecular weight excluding hydrogens is 536 g/mol. The van der Waals surface area contributed by atoms with Gasteiger partial charge in [0.2, 0.25) is 0 Å². The van der Waals surface area contributed by atoms with E-state index in [2.05, 4.69) is 21.2 Å². The van der Waals surface area contributed by atoms with Crippen molar-refractivity contribution in [1.82, 2.24) is 5.32 Å². The third-order valence-corrected chi connectivity index (χ3v) is 5.90. The normalized spacial score (nSPS) is 15.7. The lowest BCUT2D eigenvalue weighted by Crippen LogP contribution is -2.42. The van der Waals surface area contributed by atoms with E-state index in [-0.39, 0.29) is 29.5 Å². The number of carboxylic acid groups (broad SMARTS) is 2. The molecule has 1 aliphatic heterocycles. The van der Waals surface area contributed by atoms with E-state index in [1.807, 2.05) is 13.8 Å². The van der Waals surface area contributed by atoms with E-state index in [4.69, 9.17) is 31.1 Å². The summed E-state index contributed by atoms with van der Waals surface area (Å²) >= 11 is 9.28. The first kappa shape index (κ1) is 27.8. The number of ketones is 1. The number of Topliss-reactive ketones (excluding diaryl/α,β-unsaturated/α-hetero) is 1. The van der Waals surface area contributed by atoms with Crippen LogP contribution in [0.3, 0.4) is 0 Å². The topological polar surface area (TPSA) is 156 Å². The molecule has 0 aromatic heterocycles. The molecular formula is C21H24BBrClNO9. The second kappa shape index (κ2) is 11.8. The van der Waals surface area contributed by atoms with E-state index in [0.29, 0.717) is 10.9 Å². The first-order valence-corrected chi connectivity index (χ1v) is 11.6. The van der Waals surface area contributed by atoms with Gasteiger partial charge in [0.25, 0.3) is 5.91 Å². The summed E-state index contributed by atoms with van der Waals surface area (Å²) in [6.45, 7) is 3.41. The van der Waals surface area contributed by atoms with E-state index in [0.717, 1.165) is 0 Å². The number of aliphatic carboxylic acids is 2. The molecule has 1 amide bonds. The summed E-state index contributed by atoms with van der Waals surface area (Å²) in [5, 5.41) is 21.0. The van der Waals surface area contributed by atoms with Crippen LogP contribution in [0.2, 0.25) is 10.8 Å². The molecule has 1 fully saturated rings. The Morgan fingerprint density at radius 1 is 1.18 bits per heavy atom. The fourth-order valence-corrected chi connectivity index (χ4v) is 4.25. The van der Waals surface area contributed by atoms with Gasteiger partial charge in [-0.3, -0.25) is 24.0 Å². The summed E-state index contributed by atoms with van der Waals surface area (Å²) in [7, 11) is -1.30. The molecule has 184 valence electrons. The van der Waals surface area contributed by atoms with Crippen LogP contribution in [0.15, 0.2) is 22.7 Å². The molecule has 0 bridgehead atoms. The van der Waals surface area contributed by atoms with Crippen molar-refractivity contribution in [3.8, 4) is 0 Å². The van der Waals surface area contributed by atoms with Gasteiger partial charge >= 0.3 is 25.0 Å². The average molecular weight is 561 g/mol. The predicted molar refractivity (Wildman–Crippen MR) is 124 cm³/mol. The zero-order valence-electron chi connectivity index (χ0n) is 18.5. The standard InChI is InChI=1S/C21H24BBrClNO9/c1-11(2)5-12(22-33-20(32)21(34-22,8-17(27)28)9-18(29)30)6-14(26)10-25-19(31)15-7-13(23)3-4-16(15)24/h3-4,7,11-12H,5-6,8-10H2,1-2H3,(H,25,31)(H,27,28)(H,29,30)/t12-/m1/s1. The maximum Gasteiger partial charge on any atom is 0.531 e. The van der Waals surface area contributed by atoms with Crippen molar-refractivity contribution >= 4 is 64.2 Å². The maximum absolute atomic E-state index is 12.6. The molecule has 0 unspecified atom stereocenters. The number of amides is 1. The Morgan fingerprint density at radius 2 is 1.79 bits per heavy atom. The zero-order chi connectivity index (χ0) is 25.6. The quantitative estimate of drug-likeness (QED) is 0.327. The van der Waals surface area contributed by atoms with Gasteiger partial charge in [-0.25, -0.2) is 0 Å². The smallest absolute Gasteiger partial charge is 0.507 e. The molecule has 1 atom stereocenters. The van der Waals surface area contributed by atoms with Gasteiger partial charge < -0.3 is 24.8 Å². The third-order valence-electron chi connectivity index (χ3n) is 5.08. The van der Waals surface area contributed by atoms with Crippen LogP contribution in [0.4, 0.5) is 0 Å². The van der Waals surface area contributed by atoms with Gasteiger partial charge in [0.1, 0.15) is 0 Å². The van der Waals surface area contributed by atoms with Crippen molar-refractivity contribution in [1.29, 1.82) is 0 Å². The molecule has 3 N–H and O–H groups in total. The number of carboxylic acids is 2. The van der Waals surface area contributed by atoms with Gasteiger partial charge in [-0.1, -0.05) is 41.4 Å². The number of nitrogens with one attached hydrogen (secondary N) is 1. The second-order valence-electron chi connectivity index (χ2n) is 8.47. The summed E-state index contributed by atoms with van der Waals surface area (Å²) in [5.74, 6) is -5.52. The van der Waals surface area contributed by atoms with Crippen molar-refractivity contribution in [3.63, 3.8) is 0 Å². The zero-order valence-corrected chi connectivity index (χ0v) is 20.8. The average Bonchev–Trinajstić information content (AvgIpc) is 3.01. The third kappa shape index (κ3) is 7.54. The van der Waals surface area contributed by atoms with E-state index in [9.17, 15) is 24.0 Å². The number of rotatable bonds is 12. The molecule has 13 heteroatoms. The van der Waals surface area contributed by atoms with Crippen molar-refractivity contribution in [3.05, 3.63) is 33.3 Å². The summed E-state index contributed by atoms with van der Waals surface area (Å²) in [6, 6.07) is 4.71. The number of benzene rings is 1. The molecule has 1 aliphatic rings. The molecule has 0 saturated carbocycles. The minimum atomic E-state index is -2.17. The summed E-state index contributed by atoms with van der Waals surface area (Å²) in [4.78, 5) is 60.0. The Labute approximate surface area is 209 Å². The maximum atomic E-state index is 12.6. The summed E-state index contributed by atoms with van der Waals surface area (Å²) in [5.41, 5.74) is -1.99. The first-order valence-electron chi connectivity index (χ1n) is 10.4. The van der Waals surface area contributed by atoms with Gasteiger partial charge in [-0.2, -0.15) is 0 Å². The second-order valence-corrected chi connectivity index (χ2v) is 9.79. The highest BCUT2D eigenvalue weighted by molar-refractivity contribution is 9.10. The van der Waals surface area contributed by atoms with E-state index < -0.39 is 61.0 Å². The summed E-state index contributed by atoms with van der Waals surface area (Å²) in [6.07, 6.45) is -1.56. The lowest BCUT2D eigenvalue weighted by molar-refractivity contribution is -0.157. The molecule has 0 radical (unpaired) electrons. The molecule has 1 heterocycles. The van der Waals surface area contributed by atoms with E-state index >= 15 is 0 Å². The summed E-state index contributed by atoms with van der Waals surface area (Å²) < 4.78 is 11.4. The fraction of sp³-hybridized carbons (Fsp3) is 0.476. The molecule has 0 spiro atoms. The van der Waals surface area contributed by atoms with Crippen LogP contribution >= 0.6 is 27.5 Å². The van der Waals surface area contributed by atoms with Crippen molar-refractivity contribution in [2.24, 2.45) is 5.92 Å². The number of hydrogen-bond donors (Lipinski definition) is 3. The highest BCUT2D eigenvalue weighted by Crippen LogP contribution is 2.38. The minimum absolute atomic E-state index is 0.0455. The monoisotopic (exact) mass is 559 g/mol. The minimum Gasteiger partial charge on any atom is -0.507 e. The first-order chi connectivity index (χ1) is 15.8. The lowest BCUT2D eigenvalue weighted by atomic mass is 9.65. The highest BCUT2D eigenvalue weighted by atomic mass is 79.9. The highest BCUT2D eigenvalue weighted by Gasteiger charge is 2.57. The van der Waals surface area contributed by atoms with Gasteiger partial charge in [-0.15, -0.1) is 0 Å². The molecule has 1 aromatic carbocycles. The van der Waals surface area contributed by atoms with Crippen LogP contribution in [0.1, 0.15) is 49.9 Å². The molecule has 1 saturated heterocycles. The molecule has 2 rings (SSSR count). The van der Waals surface area contributed by atoms with Crippen molar-refractivity contribution in [2.45, 2.75) is 50.9 Å². The van der Waals surface area contributed by atoms with Gasteiger partial charge in [0, 0.05) is 16.7 Å². The Hall–Kier alpha value is -2.44. The Morgan fingerprint density at radius 3 is 2.35 bits per heavy atom. The van der Waals surface area contributed by atoms with Gasteiger partial charge in [0.05, 0.1) is 30.0 Å². The Kier molecular flexibility index (Phi) is 9.66. The van der Waals surface area contributed by atoms with Gasteiger partial charge in [-0.05, 0) is 30.5 Å². The lowest BCUT2D eigenvalue weighted by Gasteiger charge is -2.23. The molecule has 0 aliphatic carbocycles. The Balaban J connectivity index is 2.10. The number of halogens is 2.